The minimum absolute atomic E-state index is 0.0597. The molecule has 19 heavy (non-hydrogen) atoms. The van der Waals surface area contributed by atoms with Gasteiger partial charge in [0.25, 0.3) is 0 Å². The number of aromatic amines is 1. The van der Waals surface area contributed by atoms with Crippen LogP contribution in [0.4, 0.5) is 8.78 Å². The molecule has 0 aliphatic heterocycles. The van der Waals surface area contributed by atoms with Gasteiger partial charge >= 0.3 is 6.61 Å². The predicted molar refractivity (Wildman–Crippen MR) is 69.5 cm³/mol. The first-order valence-electron chi connectivity index (χ1n) is 5.61. The van der Waals surface area contributed by atoms with Crippen LogP contribution >= 0.6 is 12.2 Å². The number of H-pyrrole nitrogens is 1. The third-order valence-corrected chi connectivity index (χ3v) is 2.91. The summed E-state index contributed by atoms with van der Waals surface area (Å²) in [6.45, 7) is -0.989. The summed E-state index contributed by atoms with van der Waals surface area (Å²) in [5.41, 5.74) is 0.676. The average Bonchev–Trinajstić information content (AvgIpc) is 2.37. The second kappa shape index (κ2) is 5.48. The Labute approximate surface area is 113 Å². The number of nitrogens with one attached hydrogen (secondary N) is 1. The standard InChI is InChI=1S/C12H12F2N2O2S/c1-3-10-15-7-5-8(17-2)9(18-12(13)14)4-6(7)11(19)16-10/h4-5,12H,3H2,1-2H3,(H,15,16,19). The number of alkyl halides is 2. The lowest BCUT2D eigenvalue weighted by Gasteiger charge is -2.11. The van der Waals surface area contributed by atoms with E-state index in [1.807, 2.05) is 6.92 Å². The summed E-state index contributed by atoms with van der Waals surface area (Å²) in [5, 5.41) is 0.545. The van der Waals surface area contributed by atoms with Crippen LogP contribution in [0.5, 0.6) is 11.5 Å². The topological polar surface area (TPSA) is 47.1 Å². The second-order valence-electron chi connectivity index (χ2n) is 3.77. The van der Waals surface area contributed by atoms with Crippen molar-refractivity contribution in [1.29, 1.82) is 0 Å². The minimum atomic E-state index is -2.92. The zero-order chi connectivity index (χ0) is 14.0. The molecule has 2 aromatic rings. The van der Waals surface area contributed by atoms with Crippen LogP contribution in [-0.4, -0.2) is 23.7 Å². The van der Waals surface area contributed by atoms with Crippen LogP contribution in [-0.2, 0) is 6.42 Å². The van der Waals surface area contributed by atoms with Crippen molar-refractivity contribution >= 4 is 23.1 Å². The van der Waals surface area contributed by atoms with Crippen molar-refractivity contribution < 1.29 is 18.3 Å². The van der Waals surface area contributed by atoms with E-state index in [1.54, 1.807) is 6.07 Å². The quantitative estimate of drug-likeness (QED) is 0.874. The van der Waals surface area contributed by atoms with Gasteiger partial charge in [-0.15, -0.1) is 0 Å². The number of ether oxygens (including phenoxy) is 2. The Bertz CT molecular complexity index is 658. The molecule has 4 nitrogen and oxygen atoms in total. The highest BCUT2D eigenvalue weighted by Crippen LogP contribution is 2.33. The molecule has 102 valence electrons. The maximum Gasteiger partial charge on any atom is 0.387 e. The van der Waals surface area contributed by atoms with Crippen LogP contribution in [0.1, 0.15) is 12.7 Å². The van der Waals surface area contributed by atoms with Crippen molar-refractivity contribution in [1.82, 2.24) is 9.97 Å². The van der Waals surface area contributed by atoms with Gasteiger partial charge in [0.2, 0.25) is 0 Å². The van der Waals surface area contributed by atoms with Gasteiger partial charge in [-0.2, -0.15) is 8.78 Å². The first-order chi connectivity index (χ1) is 9.05. The maximum absolute atomic E-state index is 12.3. The highest BCUT2D eigenvalue weighted by Gasteiger charge is 2.13. The normalized spacial score (nSPS) is 11.0. The zero-order valence-electron chi connectivity index (χ0n) is 10.4. The number of benzene rings is 1. The fourth-order valence-electron chi connectivity index (χ4n) is 1.72. The summed E-state index contributed by atoms with van der Waals surface area (Å²) in [6.07, 6.45) is 0.692. The molecule has 0 aliphatic carbocycles. The van der Waals surface area contributed by atoms with Gasteiger partial charge in [0, 0.05) is 17.9 Å². The molecule has 0 radical (unpaired) electrons. The Morgan fingerprint density at radius 3 is 2.68 bits per heavy atom. The van der Waals surface area contributed by atoms with Gasteiger partial charge in [-0.25, -0.2) is 4.98 Å². The molecule has 0 fully saturated rings. The number of hydrogen-bond acceptors (Lipinski definition) is 4. The first-order valence-corrected chi connectivity index (χ1v) is 6.01. The van der Waals surface area contributed by atoms with Crippen molar-refractivity contribution in [3.63, 3.8) is 0 Å². The Balaban J connectivity index is 2.67. The van der Waals surface area contributed by atoms with Crippen LogP contribution in [0.15, 0.2) is 12.1 Å². The lowest BCUT2D eigenvalue weighted by atomic mass is 10.2. The molecule has 2 rings (SSSR count). The largest absolute Gasteiger partial charge is 0.493 e. The molecule has 0 aliphatic rings. The van der Waals surface area contributed by atoms with Crippen molar-refractivity contribution in [3.05, 3.63) is 22.6 Å². The molecule has 1 heterocycles. The monoisotopic (exact) mass is 286 g/mol. The minimum Gasteiger partial charge on any atom is -0.493 e. The van der Waals surface area contributed by atoms with E-state index >= 15 is 0 Å². The summed E-state index contributed by atoms with van der Waals surface area (Å²) in [4.78, 5) is 7.24. The van der Waals surface area contributed by atoms with Crippen molar-refractivity contribution in [2.75, 3.05) is 7.11 Å². The van der Waals surface area contributed by atoms with Gasteiger partial charge in [0.1, 0.15) is 10.5 Å². The molecule has 0 unspecified atom stereocenters. The molecule has 0 bridgehead atoms. The van der Waals surface area contributed by atoms with E-state index in [4.69, 9.17) is 17.0 Å². The van der Waals surface area contributed by atoms with Gasteiger partial charge in [-0.05, 0) is 6.07 Å². The third kappa shape index (κ3) is 2.81. The van der Waals surface area contributed by atoms with E-state index in [2.05, 4.69) is 14.7 Å². The number of methoxy groups -OCH3 is 1. The Hall–Kier alpha value is -1.76. The third-order valence-electron chi connectivity index (χ3n) is 2.60. The molecular weight excluding hydrogens is 274 g/mol. The van der Waals surface area contributed by atoms with E-state index in [-0.39, 0.29) is 11.5 Å². The molecular formula is C12H12F2N2O2S. The smallest absolute Gasteiger partial charge is 0.387 e. The van der Waals surface area contributed by atoms with Gasteiger partial charge in [0.15, 0.2) is 11.5 Å². The molecule has 0 spiro atoms. The first kappa shape index (κ1) is 13.7. The molecule has 0 saturated carbocycles. The van der Waals surface area contributed by atoms with Crippen LogP contribution in [0, 0.1) is 4.64 Å². The number of fused-ring (bicyclic) bond motifs is 1. The predicted octanol–water partition coefficient (Wildman–Crippen LogP) is 3.46. The Morgan fingerprint density at radius 2 is 2.11 bits per heavy atom. The van der Waals surface area contributed by atoms with Crippen LogP contribution in [0.3, 0.4) is 0 Å². The van der Waals surface area contributed by atoms with Gasteiger partial charge in [0.05, 0.1) is 12.6 Å². The molecule has 0 amide bonds. The van der Waals surface area contributed by atoms with Gasteiger partial charge in [-0.3, -0.25) is 0 Å². The summed E-state index contributed by atoms with van der Waals surface area (Å²) in [7, 11) is 1.38. The van der Waals surface area contributed by atoms with E-state index in [1.165, 1.54) is 13.2 Å². The molecule has 1 aromatic carbocycles. The van der Waals surface area contributed by atoms with Crippen LogP contribution < -0.4 is 9.47 Å². The summed E-state index contributed by atoms with van der Waals surface area (Å²) < 4.78 is 34.4. The molecule has 0 atom stereocenters. The lowest BCUT2D eigenvalue weighted by Crippen LogP contribution is -2.04. The van der Waals surface area contributed by atoms with Crippen molar-refractivity contribution in [2.24, 2.45) is 0 Å². The second-order valence-corrected chi connectivity index (χ2v) is 4.16. The average molecular weight is 286 g/mol. The van der Waals surface area contributed by atoms with Crippen LogP contribution in [0.2, 0.25) is 0 Å². The molecule has 1 N–H and O–H groups in total. The molecule has 7 heteroatoms. The van der Waals surface area contributed by atoms with Crippen LogP contribution in [0.25, 0.3) is 10.9 Å². The highest BCUT2D eigenvalue weighted by atomic mass is 32.1. The Morgan fingerprint density at radius 1 is 1.37 bits per heavy atom. The maximum atomic E-state index is 12.3. The molecule has 0 saturated heterocycles. The van der Waals surface area contributed by atoms with Gasteiger partial charge < -0.3 is 14.5 Å². The number of hydrogen-bond donors (Lipinski definition) is 1. The van der Waals surface area contributed by atoms with E-state index in [0.717, 1.165) is 5.82 Å². The zero-order valence-corrected chi connectivity index (χ0v) is 11.2. The van der Waals surface area contributed by atoms with Crippen molar-refractivity contribution in [3.8, 4) is 11.5 Å². The lowest BCUT2D eigenvalue weighted by molar-refractivity contribution is -0.0511. The summed E-state index contributed by atoms with van der Waals surface area (Å²) in [6, 6.07) is 2.98. The van der Waals surface area contributed by atoms with E-state index < -0.39 is 6.61 Å². The fraction of sp³-hybridized carbons (Fsp3) is 0.333. The molecule has 1 aromatic heterocycles. The number of nitrogens with zero attached hydrogens (tertiary/aromatic N) is 1. The number of aryl methyl sites for hydroxylation is 1. The summed E-state index contributed by atoms with van der Waals surface area (Å²) in [5.74, 6) is 0.879. The number of aromatic nitrogens is 2. The van der Waals surface area contributed by atoms with Gasteiger partial charge in [-0.1, -0.05) is 19.1 Å². The van der Waals surface area contributed by atoms with E-state index in [0.29, 0.717) is 22.0 Å². The summed E-state index contributed by atoms with van der Waals surface area (Å²) >= 11 is 5.15. The number of rotatable bonds is 4. The van der Waals surface area contributed by atoms with Crippen molar-refractivity contribution in [2.45, 2.75) is 20.0 Å². The van der Waals surface area contributed by atoms with E-state index in [9.17, 15) is 8.78 Å². The number of halogens is 2. The SMILES string of the molecule is CCc1nc(=S)c2cc(OC(F)F)c(OC)cc2[nH]1. The highest BCUT2D eigenvalue weighted by molar-refractivity contribution is 7.71. The Kier molecular flexibility index (Phi) is 3.94. The fourth-order valence-corrected chi connectivity index (χ4v) is 2.00.